The average molecular weight is 183 g/mol. The number of piperidine rings is 1. The molecule has 2 aliphatic heterocycles. The Morgan fingerprint density at radius 2 is 1.92 bits per heavy atom. The van der Waals surface area contributed by atoms with Crippen LogP contribution in [0.2, 0.25) is 0 Å². The summed E-state index contributed by atoms with van der Waals surface area (Å²) >= 11 is 0. The Kier molecular flexibility index (Phi) is 2.51. The van der Waals surface area contributed by atoms with E-state index in [0.717, 1.165) is 39.0 Å². The maximum absolute atomic E-state index is 11.8. The first kappa shape index (κ1) is 8.97. The molecule has 0 aromatic carbocycles. The zero-order chi connectivity index (χ0) is 9.26. The average Bonchev–Trinajstić information content (AvgIpc) is 2.13. The molecule has 2 aliphatic rings. The summed E-state index contributed by atoms with van der Waals surface area (Å²) in [6.45, 7) is 3.50. The second kappa shape index (κ2) is 3.64. The number of carbonyl (C=O) groups is 1. The van der Waals surface area contributed by atoms with Crippen LogP contribution in [-0.4, -0.2) is 43.0 Å². The number of nitrogens with one attached hydrogen (secondary N) is 1. The lowest BCUT2D eigenvalue weighted by molar-refractivity contribution is -0.140. The predicted octanol–water partition coefficient (Wildman–Crippen LogP) is -0.844. The van der Waals surface area contributed by atoms with Crippen LogP contribution in [0, 0.1) is 5.92 Å². The summed E-state index contributed by atoms with van der Waals surface area (Å²) in [7, 11) is 0. The first-order valence-corrected chi connectivity index (χ1v) is 5.02. The summed E-state index contributed by atoms with van der Waals surface area (Å²) < 4.78 is 0. The van der Waals surface area contributed by atoms with Crippen LogP contribution >= 0.6 is 0 Å². The number of amides is 1. The highest BCUT2D eigenvalue weighted by atomic mass is 16.2. The van der Waals surface area contributed by atoms with Crippen molar-refractivity contribution >= 4 is 5.91 Å². The fraction of sp³-hybridized carbons (Fsp3) is 0.889. The van der Waals surface area contributed by atoms with Crippen LogP contribution in [0.25, 0.3) is 0 Å². The van der Waals surface area contributed by atoms with E-state index >= 15 is 0 Å². The van der Waals surface area contributed by atoms with Gasteiger partial charge in [-0.05, 0) is 25.9 Å². The van der Waals surface area contributed by atoms with Crippen LogP contribution in [-0.2, 0) is 4.79 Å². The Labute approximate surface area is 78.5 Å². The molecular weight excluding hydrogens is 166 g/mol. The van der Waals surface area contributed by atoms with Gasteiger partial charge in [0.25, 0.3) is 0 Å². The molecule has 0 saturated carbocycles. The van der Waals surface area contributed by atoms with Crippen molar-refractivity contribution in [2.24, 2.45) is 11.7 Å². The molecule has 0 spiro atoms. The Morgan fingerprint density at radius 1 is 1.31 bits per heavy atom. The Morgan fingerprint density at radius 3 is 2.46 bits per heavy atom. The fourth-order valence-corrected chi connectivity index (χ4v) is 2.02. The van der Waals surface area contributed by atoms with Crippen LogP contribution in [0.1, 0.15) is 12.8 Å². The third-order valence-electron chi connectivity index (χ3n) is 2.91. The third kappa shape index (κ3) is 1.84. The van der Waals surface area contributed by atoms with E-state index in [4.69, 9.17) is 5.73 Å². The Hall–Kier alpha value is -0.610. The monoisotopic (exact) mass is 183 g/mol. The van der Waals surface area contributed by atoms with E-state index < -0.39 is 0 Å². The first-order valence-electron chi connectivity index (χ1n) is 5.02. The van der Waals surface area contributed by atoms with E-state index in [1.807, 2.05) is 4.90 Å². The highest BCUT2D eigenvalue weighted by Crippen LogP contribution is 2.18. The van der Waals surface area contributed by atoms with Crippen molar-refractivity contribution < 1.29 is 4.79 Å². The molecule has 0 aromatic rings. The minimum absolute atomic E-state index is 0.227. The highest BCUT2D eigenvalue weighted by Gasteiger charge is 2.32. The normalized spacial score (nSPS) is 25.8. The summed E-state index contributed by atoms with van der Waals surface area (Å²) in [5.74, 6) is 0.581. The summed E-state index contributed by atoms with van der Waals surface area (Å²) in [5, 5.41) is 3.26. The van der Waals surface area contributed by atoms with Gasteiger partial charge in [0, 0.05) is 25.0 Å². The van der Waals surface area contributed by atoms with Gasteiger partial charge in [0.2, 0.25) is 5.91 Å². The molecule has 0 aliphatic carbocycles. The predicted molar refractivity (Wildman–Crippen MR) is 50.1 cm³/mol. The van der Waals surface area contributed by atoms with Crippen molar-refractivity contribution in [2.75, 3.05) is 26.2 Å². The number of nitrogens with two attached hydrogens (primary N) is 1. The molecule has 2 fully saturated rings. The van der Waals surface area contributed by atoms with Crippen molar-refractivity contribution in [2.45, 2.75) is 18.9 Å². The summed E-state index contributed by atoms with van der Waals surface area (Å²) in [6, 6.07) is 0.227. The molecule has 13 heavy (non-hydrogen) atoms. The van der Waals surface area contributed by atoms with E-state index in [2.05, 4.69) is 5.32 Å². The fourth-order valence-electron chi connectivity index (χ4n) is 2.02. The molecule has 0 radical (unpaired) electrons. The van der Waals surface area contributed by atoms with Crippen LogP contribution in [0.4, 0.5) is 0 Å². The van der Waals surface area contributed by atoms with Gasteiger partial charge in [-0.3, -0.25) is 4.79 Å². The van der Waals surface area contributed by atoms with E-state index in [0.29, 0.717) is 5.91 Å². The first-order chi connectivity index (χ1) is 6.27. The van der Waals surface area contributed by atoms with Gasteiger partial charge in [0.05, 0.1) is 0 Å². The molecule has 74 valence electrons. The van der Waals surface area contributed by atoms with Crippen LogP contribution in [0.3, 0.4) is 0 Å². The number of hydrogen-bond acceptors (Lipinski definition) is 3. The third-order valence-corrected chi connectivity index (χ3v) is 2.91. The van der Waals surface area contributed by atoms with Gasteiger partial charge < -0.3 is 16.0 Å². The molecule has 0 bridgehead atoms. The van der Waals surface area contributed by atoms with Gasteiger partial charge >= 0.3 is 0 Å². The number of nitrogens with zero attached hydrogens (tertiary/aromatic N) is 1. The van der Waals surface area contributed by atoms with Gasteiger partial charge in [-0.1, -0.05) is 0 Å². The van der Waals surface area contributed by atoms with Crippen molar-refractivity contribution in [1.82, 2.24) is 10.2 Å². The second-order valence-corrected chi connectivity index (χ2v) is 4.03. The molecule has 4 heteroatoms. The van der Waals surface area contributed by atoms with Gasteiger partial charge in [-0.25, -0.2) is 0 Å². The molecular formula is C9H17N3O. The smallest absolute Gasteiger partial charge is 0.225 e. The summed E-state index contributed by atoms with van der Waals surface area (Å²) in [4.78, 5) is 13.7. The minimum Gasteiger partial charge on any atom is -0.339 e. The maximum Gasteiger partial charge on any atom is 0.225 e. The maximum atomic E-state index is 11.8. The minimum atomic E-state index is 0.227. The van der Waals surface area contributed by atoms with Crippen LogP contribution < -0.4 is 11.1 Å². The van der Waals surface area contributed by atoms with E-state index in [9.17, 15) is 4.79 Å². The number of rotatable bonds is 1. The lowest BCUT2D eigenvalue weighted by atomic mass is 9.94. The lowest BCUT2D eigenvalue weighted by Crippen LogP contribution is -2.59. The molecule has 3 N–H and O–H groups in total. The molecule has 2 heterocycles. The molecule has 0 unspecified atom stereocenters. The molecule has 2 rings (SSSR count). The van der Waals surface area contributed by atoms with E-state index in [-0.39, 0.29) is 12.0 Å². The van der Waals surface area contributed by atoms with Gasteiger partial charge in [0.15, 0.2) is 0 Å². The van der Waals surface area contributed by atoms with Gasteiger partial charge in [-0.15, -0.1) is 0 Å². The topological polar surface area (TPSA) is 58.4 Å². The second-order valence-electron chi connectivity index (χ2n) is 4.03. The Balaban J connectivity index is 1.82. The largest absolute Gasteiger partial charge is 0.339 e. The van der Waals surface area contributed by atoms with Crippen molar-refractivity contribution in [1.29, 1.82) is 0 Å². The summed E-state index contributed by atoms with van der Waals surface area (Å²) in [5.41, 5.74) is 5.63. The van der Waals surface area contributed by atoms with Crippen molar-refractivity contribution in [3.05, 3.63) is 0 Å². The zero-order valence-corrected chi connectivity index (χ0v) is 7.83. The quantitative estimate of drug-likeness (QED) is 0.557. The van der Waals surface area contributed by atoms with Crippen LogP contribution in [0.15, 0.2) is 0 Å². The molecule has 0 atom stereocenters. The van der Waals surface area contributed by atoms with Crippen LogP contribution in [0.5, 0.6) is 0 Å². The molecule has 0 aromatic heterocycles. The number of hydrogen-bond donors (Lipinski definition) is 2. The Bertz CT molecular complexity index is 195. The summed E-state index contributed by atoms with van der Waals surface area (Å²) in [6.07, 6.45) is 1.98. The van der Waals surface area contributed by atoms with E-state index in [1.54, 1.807) is 0 Å². The van der Waals surface area contributed by atoms with Crippen molar-refractivity contribution in [3.63, 3.8) is 0 Å². The van der Waals surface area contributed by atoms with Gasteiger partial charge in [-0.2, -0.15) is 0 Å². The number of carbonyl (C=O) groups excluding carboxylic acids is 1. The molecule has 4 nitrogen and oxygen atoms in total. The van der Waals surface area contributed by atoms with Gasteiger partial charge in [0.1, 0.15) is 0 Å². The molecule has 2 saturated heterocycles. The SMILES string of the molecule is NC1CN(C(=O)C2CCNCC2)C1. The number of likely N-dealkylation sites (tertiary alicyclic amines) is 1. The lowest BCUT2D eigenvalue weighted by Gasteiger charge is -2.39. The van der Waals surface area contributed by atoms with Crippen molar-refractivity contribution in [3.8, 4) is 0 Å². The zero-order valence-electron chi connectivity index (χ0n) is 7.83. The standard InChI is InChI=1S/C9H17N3O/c10-8-5-12(6-8)9(13)7-1-3-11-4-2-7/h7-8,11H,1-6,10H2. The highest BCUT2D eigenvalue weighted by molar-refractivity contribution is 5.79. The molecule has 1 amide bonds. The van der Waals surface area contributed by atoms with E-state index in [1.165, 1.54) is 0 Å².